The monoisotopic (exact) mass is 398 g/mol. The maximum absolute atomic E-state index is 11.8. The summed E-state index contributed by atoms with van der Waals surface area (Å²) in [5.41, 5.74) is 1.46. The van der Waals surface area contributed by atoms with Crippen LogP contribution < -0.4 is 10.6 Å². The molecular formula is C14H15BrN4O3S. The van der Waals surface area contributed by atoms with Crippen LogP contribution in [0.4, 0.5) is 9.93 Å². The number of thiazole rings is 1. The van der Waals surface area contributed by atoms with Gasteiger partial charge in [-0.15, -0.1) is 11.3 Å². The van der Waals surface area contributed by atoms with Crippen LogP contribution in [0.5, 0.6) is 0 Å². The predicted molar refractivity (Wildman–Crippen MR) is 91.3 cm³/mol. The largest absolute Gasteiger partial charge is 0.453 e. The van der Waals surface area contributed by atoms with E-state index in [0.29, 0.717) is 23.8 Å². The van der Waals surface area contributed by atoms with Crippen molar-refractivity contribution in [2.45, 2.75) is 12.8 Å². The van der Waals surface area contributed by atoms with Crippen LogP contribution >= 0.6 is 27.3 Å². The van der Waals surface area contributed by atoms with Crippen LogP contribution in [0.15, 0.2) is 28.2 Å². The molecule has 23 heavy (non-hydrogen) atoms. The van der Waals surface area contributed by atoms with E-state index >= 15 is 0 Å². The van der Waals surface area contributed by atoms with Gasteiger partial charge in [0, 0.05) is 29.0 Å². The Hall–Kier alpha value is -2.00. The number of methoxy groups -OCH3 is 1. The van der Waals surface area contributed by atoms with Crippen molar-refractivity contribution in [2.24, 2.45) is 0 Å². The second-order valence-corrected chi connectivity index (χ2v) is 6.24. The highest BCUT2D eigenvalue weighted by atomic mass is 79.9. The fourth-order valence-electron chi connectivity index (χ4n) is 1.67. The smallest absolute Gasteiger partial charge is 0.406 e. The van der Waals surface area contributed by atoms with E-state index in [4.69, 9.17) is 0 Å². The van der Waals surface area contributed by atoms with Gasteiger partial charge in [0.2, 0.25) is 5.91 Å². The van der Waals surface area contributed by atoms with Gasteiger partial charge in [-0.2, -0.15) is 0 Å². The molecule has 0 saturated carbocycles. The van der Waals surface area contributed by atoms with Crippen LogP contribution in [-0.2, 0) is 9.53 Å². The summed E-state index contributed by atoms with van der Waals surface area (Å²) < 4.78 is 5.33. The first-order valence-corrected chi connectivity index (χ1v) is 8.45. The van der Waals surface area contributed by atoms with Crippen LogP contribution in [0.3, 0.4) is 0 Å². The number of pyridine rings is 1. The third kappa shape index (κ3) is 5.61. The van der Waals surface area contributed by atoms with Crippen molar-refractivity contribution in [3.8, 4) is 11.4 Å². The number of ether oxygens (including phenoxy) is 1. The highest BCUT2D eigenvalue weighted by molar-refractivity contribution is 9.10. The molecule has 0 aromatic carbocycles. The molecule has 2 aromatic rings. The molecule has 0 spiro atoms. The number of aromatic nitrogens is 2. The Morgan fingerprint density at radius 3 is 2.87 bits per heavy atom. The molecule has 2 heterocycles. The minimum Gasteiger partial charge on any atom is -0.453 e. The number of amides is 2. The van der Waals surface area contributed by atoms with Crippen LogP contribution in [0.2, 0.25) is 0 Å². The van der Waals surface area contributed by atoms with E-state index in [1.165, 1.54) is 18.4 Å². The first-order chi connectivity index (χ1) is 11.1. The highest BCUT2D eigenvalue weighted by Gasteiger charge is 2.09. The summed E-state index contributed by atoms with van der Waals surface area (Å²) in [6.07, 6.45) is 2.00. The first-order valence-electron chi connectivity index (χ1n) is 6.77. The number of nitrogens with zero attached hydrogens (tertiary/aromatic N) is 2. The van der Waals surface area contributed by atoms with E-state index in [9.17, 15) is 9.59 Å². The molecule has 0 bridgehead atoms. The highest BCUT2D eigenvalue weighted by Crippen LogP contribution is 2.24. The Morgan fingerprint density at radius 1 is 1.35 bits per heavy atom. The number of hydrogen-bond donors (Lipinski definition) is 2. The molecule has 2 N–H and O–H groups in total. The summed E-state index contributed by atoms with van der Waals surface area (Å²) in [7, 11) is 1.29. The molecule has 0 saturated heterocycles. The fraction of sp³-hybridized carbons (Fsp3) is 0.286. The average Bonchev–Trinajstić information content (AvgIpc) is 3.00. The van der Waals surface area contributed by atoms with Gasteiger partial charge in [-0.25, -0.2) is 9.78 Å². The Labute approximate surface area is 145 Å². The molecule has 0 aliphatic carbocycles. The molecule has 2 amide bonds. The van der Waals surface area contributed by atoms with Crippen molar-refractivity contribution in [1.82, 2.24) is 15.3 Å². The van der Waals surface area contributed by atoms with Gasteiger partial charge < -0.3 is 15.4 Å². The number of carbonyl (C=O) groups is 2. The molecule has 0 atom stereocenters. The van der Waals surface area contributed by atoms with E-state index in [-0.39, 0.29) is 12.3 Å². The molecular weight excluding hydrogens is 384 g/mol. The number of nitrogens with one attached hydrogen (secondary N) is 2. The maximum atomic E-state index is 11.8. The number of alkyl carbamates (subject to hydrolysis) is 1. The molecule has 0 radical (unpaired) electrons. The SMILES string of the molecule is COC(=O)NCCCC(=O)Nc1nc(-c2ccc(Br)cn2)cs1. The fourth-order valence-corrected chi connectivity index (χ4v) is 2.62. The summed E-state index contributed by atoms with van der Waals surface area (Å²) >= 11 is 4.67. The second kappa shape index (κ2) is 8.59. The van der Waals surface area contributed by atoms with E-state index in [1.807, 2.05) is 17.5 Å². The Kier molecular flexibility index (Phi) is 6.48. The van der Waals surface area contributed by atoms with Gasteiger partial charge in [-0.3, -0.25) is 9.78 Å². The third-order valence-electron chi connectivity index (χ3n) is 2.78. The predicted octanol–water partition coefficient (Wildman–Crippen LogP) is 3.04. The number of halogens is 1. The summed E-state index contributed by atoms with van der Waals surface area (Å²) in [4.78, 5) is 31.3. The standard InChI is InChI=1S/C14H15BrN4O3S/c1-22-14(21)16-6-2-3-12(20)19-13-18-11(8-23-13)10-5-4-9(15)7-17-10/h4-5,7-8H,2-3,6H2,1H3,(H,16,21)(H,18,19,20). The zero-order valence-electron chi connectivity index (χ0n) is 12.3. The summed E-state index contributed by atoms with van der Waals surface area (Å²) in [6.45, 7) is 0.381. The van der Waals surface area contributed by atoms with Gasteiger partial charge in [0.25, 0.3) is 0 Å². The van der Waals surface area contributed by atoms with Crippen molar-refractivity contribution >= 4 is 44.4 Å². The van der Waals surface area contributed by atoms with Crippen molar-refractivity contribution in [2.75, 3.05) is 19.0 Å². The zero-order chi connectivity index (χ0) is 16.7. The normalized spacial score (nSPS) is 10.2. The van der Waals surface area contributed by atoms with Gasteiger partial charge in [0.15, 0.2) is 5.13 Å². The van der Waals surface area contributed by atoms with Gasteiger partial charge in [-0.1, -0.05) is 0 Å². The minimum atomic E-state index is -0.503. The number of rotatable bonds is 6. The molecule has 2 rings (SSSR count). The van der Waals surface area contributed by atoms with Crippen LogP contribution in [-0.4, -0.2) is 35.6 Å². The van der Waals surface area contributed by atoms with E-state index in [0.717, 1.165) is 10.2 Å². The molecule has 2 aromatic heterocycles. The van der Waals surface area contributed by atoms with Gasteiger partial charge in [0.1, 0.15) is 5.69 Å². The van der Waals surface area contributed by atoms with Crippen LogP contribution in [0, 0.1) is 0 Å². The van der Waals surface area contributed by atoms with Crippen LogP contribution in [0.1, 0.15) is 12.8 Å². The topological polar surface area (TPSA) is 93.2 Å². The lowest BCUT2D eigenvalue weighted by Crippen LogP contribution is -2.25. The molecule has 122 valence electrons. The molecule has 0 unspecified atom stereocenters. The first kappa shape index (κ1) is 17.4. The van der Waals surface area contributed by atoms with Crippen molar-refractivity contribution in [1.29, 1.82) is 0 Å². The molecule has 7 nitrogen and oxygen atoms in total. The van der Waals surface area contributed by atoms with Gasteiger partial charge >= 0.3 is 6.09 Å². The molecule has 0 fully saturated rings. The molecule has 0 aliphatic rings. The van der Waals surface area contributed by atoms with E-state index in [2.05, 4.69) is 41.3 Å². The number of carbonyl (C=O) groups excluding carboxylic acids is 2. The van der Waals surface area contributed by atoms with Crippen LogP contribution in [0.25, 0.3) is 11.4 Å². The Morgan fingerprint density at radius 2 is 2.17 bits per heavy atom. The molecule has 0 aliphatic heterocycles. The van der Waals surface area contributed by atoms with E-state index < -0.39 is 6.09 Å². The lowest BCUT2D eigenvalue weighted by molar-refractivity contribution is -0.116. The second-order valence-electron chi connectivity index (χ2n) is 4.47. The lowest BCUT2D eigenvalue weighted by atomic mass is 10.3. The zero-order valence-corrected chi connectivity index (χ0v) is 14.7. The minimum absolute atomic E-state index is 0.152. The Bertz CT molecular complexity index is 675. The van der Waals surface area contributed by atoms with Gasteiger partial charge in [0.05, 0.1) is 12.8 Å². The summed E-state index contributed by atoms with van der Waals surface area (Å²) in [6, 6.07) is 3.73. The third-order valence-corrected chi connectivity index (χ3v) is 4.00. The summed E-state index contributed by atoms with van der Waals surface area (Å²) in [5.74, 6) is -0.152. The van der Waals surface area contributed by atoms with Crippen molar-refractivity contribution in [3.63, 3.8) is 0 Å². The lowest BCUT2D eigenvalue weighted by Gasteiger charge is -2.03. The Balaban J connectivity index is 1.81. The number of hydrogen-bond acceptors (Lipinski definition) is 6. The molecule has 9 heteroatoms. The summed E-state index contributed by atoms with van der Waals surface area (Å²) in [5, 5.41) is 7.61. The van der Waals surface area contributed by atoms with Crippen molar-refractivity contribution < 1.29 is 14.3 Å². The van der Waals surface area contributed by atoms with Crippen molar-refractivity contribution in [3.05, 3.63) is 28.2 Å². The quantitative estimate of drug-likeness (QED) is 0.729. The average molecular weight is 399 g/mol. The van der Waals surface area contributed by atoms with Gasteiger partial charge in [-0.05, 0) is 34.5 Å². The van der Waals surface area contributed by atoms with E-state index in [1.54, 1.807) is 6.20 Å². The maximum Gasteiger partial charge on any atom is 0.406 e. The number of anilines is 1.